The summed E-state index contributed by atoms with van der Waals surface area (Å²) in [5.74, 6) is -0.707. The molecule has 0 spiro atoms. The fraction of sp³-hybridized carbons (Fsp3) is 0.150. The summed E-state index contributed by atoms with van der Waals surface area (Å²) in [5, 5.41) is 14.5. The number of nitrogens with zero attached hydrogens (tertiary/aromatic N) is 4. The van der Waals surface area contributed by atoms with Crippen LogP contribution in [0.3, 0.4) is 0 Å². The van der Waals surface area contributed by atoms with Crippen LogP contribution >= 0.6 is 0 Å². The number of hydrogen-bond acceptors (Lipinski definition) is 7. The van der Waals surface area contributed by atoms with Gasteiger partial charge >= 0.3 is 5.97 Å². The fourth-order valence-electron chi connectivity index (χ4n) is 3.19. The van der Waals surface area contributed by atoms with Crippen molar-refractivity contribution in [2.75, 3.05) is 12.4 Å². The average Bonchev–Trinajstić information content (AvgIpc) is 3.21. The molecule has 8 heteroatoms. The standard InChI is InChI=1S/C20H17N5O3/c1-12-8-10-13(11-9-12)17-15(18(26)14-6-4-3-5-7-14)16(19(27)28-2)21-20-22-23-24-25(17)20/h3-11,17H,1-2H3,(H,21,22,24)/t17-/m0/s1. The zero-order valence-electron chi connectivity index (χ0n) is 15.3. The maximum absolute atomic E-state index is 13.4. The third-order valence-corrected chi connectivity index (χ3v) is 4.58. The molecule has 4 rings (SSSR count). The van der Waals surface area contributed by atoms with Crippen molar-refractivity contribution in [2.45, 2.75) is 13.0 Å². The largest absolute Gasteiger partial charge is 0.464 e. The summed E-state index contributed by atoms with van der Waals surface area (Å²) in [6.45, 7) is 1.97. The van der Waals surface area contributed by atoms with Crippen LogP contribution in [0.25, 0.3) is 0 Å². The molecule has 0 fully saturated rings. The molecule has 0 saturated carbocycles. The predicted molar refractivity (Wildman–Crippen MR) is 101 cm³/mol. The van der Waals surface area contributed by atoms with Gasteiger partial charge in [0.25, 0.3) is 0 Å². The van der Waals surface area contributed by atoms with Gasteiger partial charge in [-0.1, -0.05) is 65.3 Å². The topological polar surface area (TPSA) is 99.0 Å². The van der Waals surface area contributed by atoms with Crippen molar-refractivity contribution < 1.29 is 14.3 Å². The van der Waals surface area contributed by atoms with E-state index < -0.39 is 12.0 Å². The number of aromatic nitrogens is 4. The maximum Gasteiger partial charge on any atom is 0.355 e. The minimum Gasteiger partial charge on any atom is -0.464 e. The summed E-state index contributed by atoms with van der Waals surface area (Å²) >= 11 is 0. The number of fused-ring (bicyclic) bond motifs is 1. The number of benzene rings is 2. The van der Waals surface area contributed by atoms with Crippen LogP contribution in [0.5, 0.6) is 0 Å². The molecule has 2 aromatic carbocycles. The molecule has 1 aromatic heterocycles. The van der Waals surface area contributed by atoms with Gasteiger partial charge in [-0.2, -0.15) is 4.68 Å². The van der Waals surface area contributed by atoms with Crippen molar-refractivity contribution in [2.24, 2.45) is 0 Å². The Balaban J connectivity index is 1.95. The van der Waals surface area contributed by atoms with Gasteiger partial charge in [-0.3, -0.25) is 4.79 Å². The highest BCUT2D eigenvalue weighted by Gasteiger charge is 2.38. The number of Topliss-reactive ketones (excluding diaryl/α,β-unsaturated/α-hetero) is 1. The first-order chi connectivity index (χ1) is 13.6. The maximum atomic E-state index is 13.4. The summed E-state index contributed by atoms with van der Waals surface area (Å²) in [6, 6.07) is 15.7. The number of rotatable bonds is 4. The summed E-state index contributed by atoms with van der Waals surface area (Å²) in [6.07, 6.45) is 0. The van der Waals surface area contributed by atoms with Gasteiger partial charge in [0.15, 0.2) is 5.78 Å². The van der Waals surface area contributed by atoms with Crippen molar-refractivity contribution in [3.8, 4) is 0 Å². The zero-order valence-corrected chi connectivity index (χ0v) is 15.3. The molecule has 0 amide bonds. The van der Waals surface area contributed by atoms with Crippen LogP contribution in [0.1, 0.15) is 27.5 Å². The van der Waals surface area contributed by atoms with Gasteiger partial charge in [-0.15, -0.1) is 0 Å². The highest BCUT2D eigenvalue weighted by molar-refractivity contribution is 6.14. The van der Waals surface area contributed by atoms with Crippen LogP contribution in [-0.4, -0.2) is 39.1 Å². The first kappa shape index (κ1) is 17.6. The number of carbonyl (C=O) groups is 2. The number of anilines is 1. The Hall–Kier alpha value is -3.81. The van der Waals surface area contributed by atoms with Crippen molar-refractivity contribution in [3.05, 3.63) is 82.6 Å². The SMILES string of the molecule is COC(=O)C1=C(C(=O)c2ccccc2)[C@H](c2ccc(C)cc2)n2nnnc2N1. The lowest BCUT2D eigenvalue weighted by molar-refractivity contribution is -0.136. The highest BCUT2D eigenvalue weighted by atomic mass is 16.5. The molecule has 1 aliphatic heterocycles. The molecule has 2 heterocycles. The molecule has 8 nitrogen and oxygen atoms in total. The first-order valence-corrected chi connectivity index (χ1v) is 8.64. The van der Waals surface area contributed by atoms with E-state index in [0.29, 0.717) is 5.56 Å². The summed E-state index contributed by atoms with van der Waals surface area (Å²) in [7, 11) is 1.26. The molecule has 3 aromatic rings. The Morgan fingerprint density at radius 1 is 1.07 bits per heavy atom. The molecular formula is C20H17N5O3. The number of carbonyl (C=O) groups excluding carboxylic acids is 2. The number of nitrogens with one attached hydrogen (secondary N) is 1. The molecule has 140 valence electrons. The van der Waals surface area contributed by atoms with E-state index in [2.05, 4.69) is 20.8 Å². The van der Waals surface area contributed by atoms with Gasteiger partial charge in [0.2, 0.25) is 5.95 Å². The Labute approximate surface area is 160 Å². The van der Waals surface area contributed by atoms with E-state index >= 15 is 0 Å². The van der Waals surface area contributed by atoms with Crippen molar-refractivity contribution in [1.82, 2.24) is 20.2 Å². The van der Waals surface area contributed by atoms with Gasteiger partial charge in [0, 0.05) is 5.56 Å². The van der Waals surface area contributed by atoms with Crippen LogP contribution in [0.2, 0.25) is 0 Å². The Kier molecular flexibility index (Phi) is 4.44. The first-order valence-electron chi connectivity index (χ1n) is 8.64. The van der Waals surface area contributed by atoms with Gasteiger partial charge in [0.05, 0.1) is 12.7 Å². The minimum atomic E-state index is -0.673. The highest BCUT2D eigenvalue weighted by Crippen LogP contribution is 2.36. The summed E-state index contributed by atoms with van der Waals surface area (Å²) in [5.41, 5.74) is 2.56. The Morgan fingerprint density at radius 2 is 1.79 bits per heavy atom. The minimum absolute atomic E-state index is 0.0317. The number of ether oxygens (including phenoxy) is 1. The van der Waals surface area contributed by atoms with Gasteiger partial charge in [-0.25, -0.2) is 4.79 Å². The molecular weight excluding hydrogens is 358 g/mol. The van der Waals surface area contributed by atoms with Gasteiger partial charge in [0.1, 0.15) is 11.7 Å². The number of ketones is 1. The lowest BCUT2D eigenvalue weighted by Crippen LogP contribution is -2.32. The van der Waals surface area contributed by atoms with E-state index in [4.69, 9.17) is 4.74 Å². The lowest BCUT2D eigenvalue weighted by Gasteiger charge is -2.28. The predicted octanol–water partition coefficient (Wildman–Crippen LogP) is 2.31. The quantitative estimate of drug-likeness (QED) is 0.552. The lowest BCUT2D eigenvalue weighted by atomic mass is 9.89. The zero-order chi connectivity index (χ0) is 19.7. The second kappa shape index (κ2) is 7.07. The molecule has 0 unspecified atom stereocenters. The van der Waals surface area contributed by atoms with Gasteiger partial charge < -0.3 is 10.1 Å². The molecule has 0 aliphatic carbocycles. The van der Waals surface area contributed by atoms with Crippen LogP contribution in [-0.2, 0) is 9.53 Å². The normalized spacial score (nSPS) is 15.6. The monoisotopic (exact) mass is 375 g/mol. The molecule has 0 saturated heterocycles. The Bertz CT molecular complexity index is 1070. The molecule has 1 aliphatic rings. The van der Waals surface area contributed by atoms with E-state index in [0.717, 1.165) is 11.1 Å². The second-order valence-corrected chi connectivity index (χ2v) is 6.36. The molecule has 1 N–H and O–H groups in total. The van der Waals surface area contributed by atoms with E-state index in [-0.39, 0.29) is 23.0 Å². The number of hydrogen-bond donors (Lipinski definition) is 1. The smallest absolute Gasteiger partial charge is 0.355 e. The van der Waals surface area contributed by atoms with E-state index in [1.807, 2.05) is 37.3 Å². The molecule has 1 atom stereocenters. The van der Waals surface area contributed by atoms with Crippen LogP contribution in [0.4, 0.5) is 5.95 Å². The molecule has 0 bridgehead atoms. The van der Waals surface area contributed by atoms with Crippen molar-refractivity contribution >= 4 is 17.7 Å². The van der Waals surface area contributed by atoms with Crippen molar-refractivity contribution in [1.29, 1.82) is 0 Å². The third-order valence-electron chi connectivity index (χ3n) is 4.58. The van der Waals surface area contributed by atoms with Crippen LogP contribution < -0.4 is 5.32 Å². The van der Waals surface area contributed by atoms with E-state index in [1.165, 1.54) is 11.8 Å². The fourth-order valence-corrected chi connectivity index (χ4v) is 3.19. The Morgan fingerprint density at radius 3 is 2.46 bits per heavy atom. The van der Waals surface area contributed by atoms with Gasteiger partial charge in [-0.05, 0) is 22.9 Å². The number of esters is 1. The van der Waals surface area contributed by atoms with E-state index in [9.17, 15) is 9.59 Å². The number of aryl methyl sites for hydroxylation is 1. The molecule has 0 radical (unpaired) electrons. The van der Waals surface area contributed by atoms with Crippen LogP contribution in [0.15, 0.2) is 65.9 Å². The van der Waals surface area contributed by atoms with Crippen molar-refractivity contribution in [3.63, 3.8) is 0 Å². The summed E-state index contributed by atoms with van der Waals surface area (Å²) in [4.78, 5) is 25.9. The number of methoxy groups -OCH3 is 1. The number of tetrazole rings is 1. The molecule has 28 heavy (non-hydrogen) atoms. The summed E-state index contributed by atoms with van der Waals surface area (Å²) < 4.78 is 6.40. The third kappa shape index (κ3) is 2.94. The average molecular weight is 375 g/mol. The number of allylic oxidation sites excluding steroid dienone is 1. The van der Waals surface area contributed by atoms with E-state index in [1.54, 1.807) is 24.3 Å². The second-order valence-electron chi connectivity index (χ2n) is 6.36. The van der Waals surface area contributed by atoms with Crippen LogP contribution in [0, 0.1) is 6.92 Å².